The number of allylic oxidation sites excluding steroid dienone is 2. The van der Waals surface area contributed by atoms with Crippen LogP contribution < -0.4 is 0 Å². The van der Waals surface area contributed by atoms with Crippen LogP contribution in [0.1, 0.15) is 72.6 Å². The Morgan fingerprint density at radius 2 is 2.12 bits per heavy atom. The van der Waals surface area contributed by atoms with Gasteiger partial charge in [-0.15, -0.1) is 0 Å². The number of carbonyl (C=O) groups excluding carboxylic acids is 1. The largest absolute Gasteiger partial charge is 0.429 e. The van der Waals surface area contributed by atoms with Gasteiger partial charge in [0.05, 0.1) is 5.60 Å². The molecular weight excluding hydrogens is 316 g/mol. The van der Waals surface area contributed by atoms with Gasteiger partial charge in [0.2, 0.25) is 6.29 Å². The van der Waals surface area contributed by atoms with Crippen molar-refractivity contribution in [2.24, 2.45) is 11.3 Å². The molecule has 0 aromatic rings. The highest BCUT2D eigenvalue weighted by Crippen LogP contribution is 2.48. The lowest BCUT2D eigenvalue weighted by atomic mass is 9.60. The molecule has 0 radical (unpaired) electrons. The topological polar surface area (TPSA) is 55.8 Å². The van der Waals surface area contributed by atoms with E-state index in [0.717, 1.165) is 32.1 Å². The second kappa shape index (κ2) is 8.05. The summed E-state index contributed by atoms with van der Waals surface area (Å²) in [7, 11) is 1.53. The Balaban J connectivity index is 1.84. The fourth-order valence-corrected chi connectivity index (χ4v) is 4.49. The van der Waals surface area contributed by atoms with Gasteiger partial charge in [0.1, 0.15) is 0 Å². The molecule has 4 heteroatoms. The number of cyclic esters (lactones) is 1. The van der Waals surface area contributed by atoms with Crippen LogP contribution in [0, 0.1) is 11.3 Å². The van der Waals surface area contributed by atoms with Gasteiger partial charge in [0.15, 0.2) is 0 Å². The molecule has 1 saturated carbocycles. The Hall–Kier alpha value is -1.13. The Morgan fingerprint density at radius 3 is 2.72 bits per heavy atom. The fraction of sp³-hybridized carbons (Fsp3) is 0.762. The molecule has 1 unspecified atom stereocenters. The van der Waals surface area contributed by atoms with Crippen molar-refractivity contribution in [1.29, 1.82) is 0 Å². The molecular formula is C21H34O4. The van der Waals surface area contributed by atoms with E-state index in [1.165, 1.54) is 19.1 Å². The smallest absolute Gasteiger partial charge is 0.336 e. The molecule has 0 aromatic carbocycles. The van der Waals surface area contributed by atoms with E-state index in [1.807, 2.05) is 6.92 Å². The molecule has 0 bridgehead atoms. The van der Waals surface area contributed by atoms with E-state index < -0.39 is 11.9 Å². The Morgan fingerprint density at radius 1 is 1.40 bits per heavy atom. The average Bonchev–Trinajstić information content (AvgIpc) is 2.86. The standard InChI is InChI=1S/C21H34O4/c1-15(8-6-9-16-14-18(24-5)25-19(16)22)10-11-17-20(2,3)12-7-13-21(17,4)23/h8,14,17-18,23H,6-7,9-13H2,1-5H3/b15-8+/t17-,18?,21-/m0/s1. The number of rotatable bonds is 7. The maximum Gasteiger partial charge on any atom is 0.336 e. The van der Waals surface area contributed by atoms with E-state index in [1.54, 1.807) is 6.08 Å². The lowest BCUT2D eigenvalue weighted by Crippen LogP contribution is -2.46. The third kappa shape index (κ3) is 5.18. The zero-order valence-corrected chi connectivity index (χ0v) is 16.4. The van der Waals surface area contributed by atoms with Gasteiger partial charge in [-0.25, -0.2) is 4.79 Å². The zero-order valence-electron chi connectivity index (χ0n) is 16.4. The van der Waals surface area contributed by atoms with Crippen LogP contribution in [-0.4, -0.2) is 30.1 Å². The summed E-state index contributed by atoms with van der Waals surface area (Å²) in [5.74, 6) is 0.0602. The van der Waals surface area contributed by atoms with E-state index in [-0.39, 0.29) is 11.4 Å². The molecule has 0 spiro atoms. The lowest BCUT2D eigenvalue weighted by molar-refractivity contribution is -0.155. The summed E-state index contributed by atoms with van der Waals surface area (Å²) in [6.07, 6.45) is 10.2. The molecule has 2 aliphatic rings. The highest BCUT2D eigenvalue weighted by atomic mass is 16.7. The first-order valence-electron chi connectivity index (χ1n) is 9.48. The zero-order chi connectivity index (χ0) is 18.7. The third-order valence-electron chi connectivity index (χ3n) is 5.99. The third-order valence-corrected chi connectivity index (χ3v) is 5.99. The van der Waals surface area contributed by atoms with Crippen molar-refractivity contribution < 1.29 is 19.4 Å². The molecule has 1 fully saturated rings. The number of hydrogen-bond donors (Lipinski definition) is 1. The summed E-state index contributed by atoms with van der Waals surface area (Å²) in [5.41, 5.74) is 1.66. The molecule has 1 aliphatic heterocycles. The Bertz CT molecular complexity index is 526. The van der Waals surface area contributed by atoms with E-state index in [9.17, 15) is 9.90 Å². The van der Waals surface area contributed by atoms with Crippen LogP contribution in [0.5, 0.6) is 0 Å². The molecule has 2 rings (SSSR count). The summed E-state index contributed by atoms with van der Waals surface area (Å²) in [5, 5.41) is 10.8. The first-order valence-corrected chi connectivity index (χ1v) is 9.48. The maximum absolute atomic E-state index is 11.7. The normalized spacial score (nSPS) is 32.5. The summed E-state index contributed by atoms with van der Waals surface area (Å²) in [6, 6.07) is 0. The first-order chi connectivity index (χ1) is 11.7. The molecule has 1 aliphatic carbocycles. The van der Waals surface area contributed by atoms with Crippen molar-refractivity contribution in [1.82, 2.24) is 0 Å². The second-order valence-corrected chi connectivity index (χ2v) is 8.58. The number of ether oxygens (including phenoxy) is 2. The minimum Gasteiger partial charge on any atom is -0.429 e. The predicted octanol–water partition coefficient (Wildman–Crippen LogP) is 4.53. The lowest BCUT2D eigenvalue weighted by Gasteiger charge is -2.48. The van der Waals surface area contributed by atoms with Gasteiger partial charge in [-0.05, 0) is 69.8 Å². The summed E-state index contributed by atoms with van der Waals surface area (Å²) >= 11 is 0. The average molecular weight is 350 g/mol. The van der Waals surface area contributed by atoms with Gasteiger partial charge in [0, 0.05) is 12.7 Å². The van der Waals surface area contributed by atoms with Crippen LogP contribution in [0.3, 0.4) is 0 Å². The van der Waals surface area contributed by atoms with Crippen molar-refractivity contribution in [2.45, 2.75) is 84.5 Å². The quantitative estimate of drug-likeness (QED) is 0.541. The minimum atomic E-state index is -0.560. The molecule has 142 valence electrons. The monoisotopic (exact) mass is 350 g/mol. The number of aliphatic hydroxyl groups is 1. The van der Waals surface area contributed by atoms with Crippen LogP contribution in [0.25, 0.3) is 0 Å². The van der Waals surface area contributed by atoms with Gasteiger partial charge in [-0.3, -0.25) is 0 Å². The SMILES string of the molecule is COC1C=C(CC/C=C(\C)CC[C@H]2C(C)(C)CCC[C@]2(C)O)C(=O)O1. The summed E-state index contributed by atoms with van der Waals surface area (Å²) in [4.78, 5) is 11.7. The molecule has 1 heterocycles. The maximum atomic E-state index is 11.7. The van der Waals surface area contributed by atoms with E-state index in [4.69, 9.17) is 9.47 Å². The Kier molecular flexibility index (Phi) is 6.50. The summed E-state index contributed by atoms with van der Waals surface area (Å²) in [6.45, 7) is 8.72. The van der Waals surface area contributed by atoms with Crippen molar-refractivity contribution in [3.8, 4) is 0 Å². The molecule has 0 amide bonds. The number of carbonyl (C=O) groups is 1. The van der Waals surface area contributed by atoms with E-state index in [0.29, 0.717) is 17.9 Å². The number of methoxy groups -OCH3 is 1. The first kappa shape index (κ1) is 20.2. The second-order valence-electron chi connectivity index (χ2n) is 8.58. The molecule has 0 saturated heterocycles. The number of hydrogen-bond acceptors (Lipinski definition) is 4. The number of esters is 1. The summed E-state index contributed by atoms with van der Waals surface area (Å²) < 4.78 is 10.1. The highest BCUT2D eigenvalue weighted by Gasteiger charge is 2.44. The van der Waals surface area contributed by atoms with Crippen LogP contribution in [0.15, 0.2) is 23.3 Å². The van der Waals surface area contributed by atoms with Gasteiger partial charge in [-0.2, -0.15) is 0 Å². The molecule has 4 nitrogen and oxygen atoms in total. The van der Waals surface area contributed by atoms with Crippen LogP contribution in [-0.2, 0) is 14.3 Å². The van der Waals surface area contributed by atoms with Gasteiger partial charge >= 0.3 is 5.97 Å². The Labute approximate surface area is 152 Å². The van der Waals surface area contributed by atoms with Crippen molar-refractivity contribution in [3.05, 3.63) is 23.3 Å². The van der Waals surface area contributed by atoms with Crippen molar-refractivity contribution >= 4 is 5.97 Å². The highest BCUT2D eigenvalue weighted by molar-refractivity contribution is 5.90. The molecule has 0 aromatic heterocycles. The van der Waals surface area contributed by atoms with E-state index in [2.05, 4.69) is 26.8 Å². The van der Waals surface area contributed by atoms with Crippen LogP contribution in [0.4, 0.5) is 0 Å². The molecule has 3 atom stereocenters. The van der Waals surface area contributed by atoms with Crippen LogP contribution >= 0.6 is 0 Å². The van der Waals surface area contributed by atoms with E-state index >= 15 is 0 Å². The van der Waals surface area contributed by atoms with Crippen molar-refractivity contribution in [2.75, 3.05) is 7.11 Å². The van der Waals surface area contributed by atoms with Gasteiger partial charge in [0.25, 0.3) is 0 Å². The van der Waals surface area contributed by atoms with Crippen molar-refractivity contribution in [3.63, 3.8) is 0 Å². The predicted molar refractivity (Wildman–Crippen MR) is 98.9 cm³/mol. The fourth-order valence-electron chi connectivity index (χ4n) is 4.49. The molecule has 25 heavy (non-hydrogen) atoms. The molecule has 1 N–H and O–H groups in total. The van der Waals surface area contributed by atoms with Crippen LogP contribution in [0.2, 0.25) is 0 Å². The van der Waals surface area contributed by atoms with Gasteiger partial charge in [-0.1, -0.05) is 31.9 Å². The van der Waals surface area contributed by atoms with Gasteiger partial charge < -0.3 is 14.6 Å². The minimum absolute atomic E-state index is 0.190.